The second kappa shape index (κ2) is 8.33. The summed E-state index contributed by atoms with van der Waals surface area (Å²) in [5, 5.41) is 5.56. The number of rotatable bonds is 6. The predicted octanol–water partition coefficient (Wildman–Crippen LogP) is 5.58. The van der Waals surface area contributed by atoms with Crippen molar-refractivity contribution in [2.75, 3.05) is 11.1 Å². The third-order valence-electron chi connectivity index (χ3n) is 3.24. The topological polar surface area (TPSA) is 42.0 Å². The number of nitrogens with zero attached hydrogens (tertiary/aromatic N) is 1. The van der Waals surface area contributed by atoms with Crippen molar-refractivity contribution >= 4 is 46.3 Å². The second-order valence-electron chi connectivity index (χ2n) is 5.02. The minimum atomic E-state index is -0.00957. The molecule has 0 aliphatic carbocycles. The van der Waals surface area contributed by atoms with E-state index in [1.54, 1.807) is 47.4 Å². The van der Waals surface area contributed by atoms with E-state index in [0.717, 1.165) is 21.3 Å². The van der Waals surface area contributed by atoms with Gasteiger partial charge in [0.15, 0.2) is 4.34 Å². The highest BCUT2D eigenvalue weighted by molar-refractivity contribution is 8.01. The molecule has 1 N–H and O–H groups in total. The van der Waals surface area contributed by atoms with Crippen LogP contribution in [0.2, 0.25) is 5.02 Å². The number of carbonyl (C=O) groups is 1. The van der Waals surface area contributed by atoms with Crippen molar-refractivity contribution in [1.29, 1.82) is 0 Å². The zero-order chi connectivity index (χ0) is 16.8. The zero-order valence-electron chi connectivity index (χ0n) is 12.7. The predicted molar refractivity (Wildman–Crippen MR) is 103 cm³/mol. The molecule has 0 fully saturated rings. The Labute approximate surface area is 154 Å². The fourth-order valence-corrected chi connectivity index (χ4v) is 4.02. The van der Waals surface area contributed by atoms with Gasteiger partial charge < -0.3 is 5.32 Å². The lowest BCUT2D eigenvalue weighted by Gasteiger charge is -2.04. The molecule has 3 aromatic rings. The lowest BCUT2D eigenvalue weighted by atomic mass is 10.2. The van der Waals surface area contributed by atoms with Crippen LogP contribution in [0.4, 0.5) is 5.69 Å². The highest BCUT2D eigenvalue weighted by Crippen LogP contribution is 2.28. The maximum atomic E-state index is 11.9. The first-order chi connectivity index (χ1) is 11.7. The summed E-state index contributed by atoms with van der Waals surface area (Å²) in [7, 11) is 0. The SMILES string of the molecule is O=C(CCSc1nc(-c2ccccc2)cs1)Nc1ccc(Cl)cc1. The molecule has 122 valence electrons. The standard InChI is InChI=1S/C18H15ClN2OS2/c19-14-6-8-15(9-7-14)20-17(22)10-11-23-18-21-16(12-24-18)13-4-2-1-3-5-13/h1-9,12H,10-11H2,(H,20,22). The minimum Gasteiger partial charge on any atom is -0.326 e. The van der Waals surface area contributed by atoms with Crippen molar-refractivity contribution in [3.05, 3.63) is 65.0 Å². The van der Waals surface area contributed by atoms with Crippen LogP contribution in [0.25, 0.3) is 11.3 Å². The summed E-state index contributed by atoms with van der Waals surface area (Å²) in [5.74, 6) is 0.686. The van der Waals surface area contributed by atoms with E-state index >= 15 is 0 Å². The van der Waals surface area contributed by atoms with Crippen LogP contribution in [0.15, 0.2) is 64.3 Å². The van der Waals surface area contributed by atoms with Crippen LogP contribution in [-0.2, 0) is 4.79 Å². The third kappa shape index (κ3) is 4.84. The molecule has 0 atom stereocenters. The number of carbonyl (C=O) groups excluding carboxylic acids is 1. The van der Waals surface area contributed by atoms with E-state index in [-0.39, 0.29) is 5.91 Å². The quantitative estimate of drug-likeness (QED) is 0.572. The third-order valence-corrected chi connectivity index (χ3v) is 5.51. The molecular weight excluding hydrogens is 360 g/mol. The van der Waals surface area contributed by atoms with Gasteiger partial charge in [0.2, 0.25) is 5.91 Å². The molecule has 1 heterocycles. The first-order valence-corrected chi connectivity index (χ1v) is 9.64. The fraction of sp³-hybridized carbons (Fsp3) is 0.111. The van der Waals surface area contributed by atoms with Gasteiger partial charge in [-0.15, -0.1) is 11.3 Å². The van der Waals surface area contributed by atoms with Crippen molar-refractivity contribution in [3.8, 4) is 11.3 Å². The average Bonchev–Trinajstić information content (AvgIpc) is 3.07. The summed E-state index contributed by atoms with van der Waals surface area (Å²) >= 11 is 9.03. The maximum absolute atomic E-state index is 11.9. The van der Waals surface area contributed by atoms with Gasteiger partial charge in [-0.1, -0.05) is 53.7 Å². The molecule has 0 aliphatic heterocycles. The van der Waals surface area contributed by atoms with Crippen molar-refractivity contribution in [2.24, 2.45) is 0 Å². The number of benzene rings is 2. The molecular formula is C18H15ClN2OS2. The molecule has 0 unspecified atom stereocenters. The molecule has 0 spiro atoms. The Morgan fingerprint density at radius 2 is 1.88 bits per heavy atom. The van der Waals surface area contributed by atoms with Gasteiger partial charge in [-0.3, -0.25) is 4.79 Å². The number of aromatic nitrogens is 1. The molecule has 3 rings (SSSR count). The van der Waals surface area contributed by atoms with E-state index in [1.807, 2.05) is 35.7 Å². The second-order valence-corrected chi connectivity index (χ2v) is 7.65. The van der Waals surface area contributed by atoms with Gasteiger partial charge >= 0.3 is 0 Å². The summed E-state index contributed by atoms with van der Waals surface area (Å²) in [6.07, 6.45) is 0.438. The van der Waals surface area contributed by atoms with Gasteiger partial charge in [0, 0.05) is 33.8 Å². The number of nitrogens with one attached hydrogen (secondary N) is 1. The highest BCUT2D eigenvalue weighted by Gasteiger charge is 2.07. The zero-order valence-corrected chi connectivity index (χ0v) is 15.1. The summed E-state index contributed by atoms with van der Waals surface area (Å²) < 4.78 is 0.980. The monoisotopic (exact) mass is 374 g/mol. The van der Waals surface area contributed by atoms with E-state index < -0.39 is 0 Å². The Balaban J connectivity index is 1.47. The molecule has 1 amide bonds. The van der Waals surface area contributed by atoms with E-state index in [9.17, 15) is 4.79 Å². The molecule has 3 nitrogen and oxygen atoms in total. The number of thiazole rings is 1. The van der Waals surface area contributed by atoms with Crippen LogP contribution < -0.4 is 5.32 Å². The van der Waals surface area contributed by atoms with E-state index in [2.05, 4.69) is 10.3 Å². The fourth-order valence-electron chi connectivity index (χ4n) is 2.05. The van der Waals surface area contributed by atoms with Gasteiger partial charge in [-0.05, 0) is 24.3 Å². The summed E-state index contributed by atoms with van der Waals surface area (Å²) in [4.78, 5) is 16.5. The first-order valence-electron chi connectivity index (χ1n) is 7.40. The largest absolute Gasteiger partial charge is 0.326 e. The molecule has 2 aromatic carbocycles. The molecule has 6 heteroatoms. The van der Waals surface area contributed by atoms with Crippen molar-refractivity contribution in [3.63, 3.8) is 0 Å². The van der Waals surface area contributed by atoms with Gasteiger partial charge in [0.1, 0.15) is 0 Å². The Hall–Kier alpha value is -1.82. The number of thioether (sulfide) groups is 1. The number of amides is 1. The maximum Gasteiger partial charge on any atom is 0.225 e. The number of anilines is 1. The van der Waals surface area contributed by atoms with E-state index in [0.29, 0.717) is 17.2 Å². The molecule has 0 saturated carbocycles. The molecule has 0 saturated heterocycles. The molecule has 0 bridgehead atoms. The summed E-state index contributed by atoms with van der Waals surface area (Å²) in [5.41, 5.74) is 2.85. The summed E-state index contributed by atoms with van der Waals surface area (Å²) in [6.45, 7) is 0. The van der Waals surface area contributed by atoms with Crippen molar-refractivity contribution < 1.29 is 4.79 Å². The normalized spacial score (nSPS) is 10.5. The first kappa shape index (κ1) is 17.0. The number of hydrogen-bond acceptors (Lipinski definition) is 4. The molecule has 1 aromatic heterocycles. The van der Waals surface area contributed by atoms with Crippen LogP contribution in [0.3, 0.4) is 0 Å². The van der Waals surface area contributed by atoms with Gasteiger partial charge in [0.25, 0.3) is 0 Å². The van der Waals surface area contributed by atoms with Crippen LogP contribution in [0.1, 0.15) is 6.42 Å². The highest BCUT2D eigenvalue weighted by atomic mass is 35.5. The number of hydrogen-bond donors (Lipinski definition) is 1. The molecule has 24 heavy (non-hydrogen) atoms. The van der Waals surface area contributed by atoms with Gasteiger partial charge in [-0.25, -0.2) is 4.98 Å². The van der Waals surface area contributed by atoms with Crippen molar-refractivity contribution in [2.45, 2.75) is 10.8 Å². The van der Waals surface area contributed by atoms with Crippen LogP contribution >= 0.6 is 34.7 Å². The summed E-state index contributed by atoms with van der Waals surface area (Å²) in [6, 6.07) is 17.2. The lowest BCUT2D eigenvalue weighted by Crippen LogP contribution is -2.11. The average molecular weight is 375 g/mol. The molecule has 0 radical (unpaired) electrons. The Kier molecular flexibility index (Phi) is 5.91. The smallest absolute Gasteiger partial charge is 0.225 e. The Bertz CT molecular complexity index is 803. The van der Waals surface area contributed by atoms with Gasteiger partial charge in [0.05, 0.1) is 5.69 Å². The Morgan fingerprint density at radius 3 is 2.62 bits per heavy atom. The lowest BCUT2D eigenvalue weighted by molar-refractivity contribution is -0.115. The minimum absolute atomic E-state index is 0.00957. The van der Waals surface area contributed by atoms with Gasteiger partial charge in [-0.2, -0.15) is 0 Å². The van der Waals surface area contributed by atoms with Crippen LogP contribution in [0, 0.1) is 0 Å². The van der Waals surface area contributed by atoms with Crippen LogP contribution in [-0.4, -0.2) is 16.6 Å². The van der Waals surface area contributed by atoms with Crippen LogP contribution in [0.5, 0.6) is 0 Å². The number of halogens is 1. The van der Waals surface area contributed by atoms with E-state index in [1.165, 1.54) is 0 Å². The molecule has 0 aliphatic rings. The van der Waals surface area contributed by atoms with E-state index in [4.69, 9.17) is 11.6 Å². The van der Waals surface area contributed by atoms with Crippen molar-refractivity contribution in [1.82, 2.24) is 4.98 Å². The Morgan fingerprint density at radius 1 is 1.12 bits per heavy atom.